The van der Waals surface area contributed by atoms with E-state index >= 15 is 0 Å². The number of amides is 2. The summed E-state index contributed by atoms with van der Waals surface area (Å²) in [5.74, 6) is 1.49. The zero-order valence-corrected chi connectivity index (χ0v) is 14.9. The summed E-state index contributed by atoms with van der Waals surface area (Å²) in [7, 11) is 0. The first-order valence-electron chi connectivity index (χ1n) is 8.72. The van der Waals surface area contributed by atoms with Crippen LogP contribution in [0.15, 0.2) is 60.9 Å². The molecule has 1 aliphatic heterocycles. The molecule has 0 aliphatic carbocycles. The summed E-state index contributed by atoms with van der Waals surface area (Å²) < 4.78 is 13.4. The standard InChI is InChI=1S/C20H20N4O3/c1-14-6-2-3-7-17(14)23-20(25)22-15-10-21-24(11-15)12-16-13-26-18-8-4-5-9-19(18)27-16/h2-11,16H,12-13H2,1H3,(H2,22,23,25)/t16-/m1/s1. The molecule has 1 aromatic heterocycles. The minimum absolute atomic E-state index is 0.145. The van der Waals surface area contributed by atoms with E-state index in [2.05, 4.69) is 15.7 Å². The number of carbonyl (C=O) groups is 1. The molecule has 2 heterocycles. The molecule has 0 saturated heterocycles. The number of urea groups is 1. The lowest BCUT2D eigenvalue weighted by Gasteiger charge is -2.26. The van der Waals surface area contributed by atoms with Crippen LogP contribution in [0.1, 0.15) is 5.56 Å². The van der Waals surface area contributed by atoms with Crippen molar-refractivity contribution < 1.29 is 14.3 Å². The Morgan fingerprint density at radius 3 is 2.78 bits per heavy atom. The molecule has 4 rings (SSSR count). The Morgan fingerprint density at radius 1 is 1.15 bits per heavy atom. The highest BCUT2D eigenvalue weighted by molar-refractivity contribution is 6.00. The summed E-state index contributed by atoms with van der Waals surface area (Å²) in [6, 6.07) is 14.9. The lowest BCUT2D eigenvalue weighted by Crippen LogP contribution is -2.33. The Hall–Kier alpha value is -3.48. The number of fused-ring (bicyclic) bond motifs is 1. The van der Waals surface area contributed by atoms with Gasteiger partial charge in [0.2, 0.25) is 0 Å². The largest absolute Gasteiger partial charge is 0.486 e. The van der Waals surface area contributed by atoms with Crippen LogP contribution in [0, 0.1) is 6.92 Å². The number of hydrogen-bond acceptors (Lipinski definition) is 4. The average molecular weight is 364 g/mol. The van der Waals surface area contributed by atoms with E-state index in [1.54, 1.807) is 17.1 Å². The van der Waals surface area contributed by atoms with Crippen molar-refractivity contribution in [3.05, 3.63) is 66.5 Å². The van der Waals surface area contributed by atoms with Gasteiger partial charge in [-0.15, -0.1) is 0 Å². The molecule has 2 amide bonds. The molecule has 3 aromatic rings. The smallest absolute Gasteiger partial charge is 0.323 e. The van der Waals surface area contributed by atoms with Crippen molar-refractivity contribution in [2.45, 2.75) is 19.6 Å². The molecule has 2 aromatic carbocycles. The average Bonchev–Trinajstić information content (AvgIpc) is 3.10. The molecular formula is C20H20N4O3. The number of hydrogen-bond donors (Lipinski definition) is 2. The molecular weight excluding hydrogens is 344 g/mol. The van der Waals surface area contributed by atoms with Gasteiger partial charge in [0, 0.05) is 11.9 Å². The van der Waals surface area contributed by atoms with Crippen LogP contribution in [0.3, 0.4) is 0 Å². The number of ether oxygens (including phenoxy) is 2. The van der Waals surface area contributed by atoms with Gasteiger partial charge in [-0.3, -0.25) is 4.68 Å². The predicted octanol–water partition coefficient (Wildman–Crippen LogP) is 3.68. The van der Waals surface area contributed by atoms with Gasteiger partial charge in [-0.05, 0) is 30.7 Å². The number of rotatable bonds is 4. The molecule has 7 heteroatoms. The molecule has 0 spiro atoms. The number of aryl methyl sites for hydroxylation is 1. The lowest BCUT2D eigenvalue weighted by molar-refractivity contribution is 0.0759. The summed E-state index contributed by atoms with van der Waals surface area (Å²) in [6.45, 7) is 2.92. The fraction of sp³-hybridized carbons (Fsp3) is 0.200. The molecule has 0 radical (unpaired) electrons. The number of carbonyl (C=O) groups excluding carboxylic acids is 1. The van der Waals surface area contributed by atoms with Gasteiger partial charge in [-0.2, -0.15) is 5.10 Å². The first-order valence-corrected chi connectivity index (χ1v) is 8.72. The molecule has 2 N–H and O–H groups in total. The Morgan fingerprint density at radius 2 is 1.93 bits per heavy atom. The Labute approximate surface area is 156 Å². The Bertz CT molecular complexity index is 954. The molecule has 0 bridgehead atoms. The van der Waals surface area contributed by atoms with Crippen molar-refractivity contribution in [2.24, 2.45) is 0 Å². The van der Waals surface area contributed by atoms with Crippen LogP contribution in [-0.4, -0.2) is 28.5 Å². The third-order valence-corrected chi connectivity index (χ3v) is 4.24. The molecule has 0 unspecified atom stereocenters. The minimum atomic E-state index is -0.310. The van der Waals surface area contributed by atoms with E-state index in [9.17, 15) is 4.79 Å². The van der Waals surface area contributed by atoms with Gasteiger partial charge in [0.15, 0.2) is 17.6 Å². The van der Waals surface area contributed by atoms with Crippen LogP contribution in [0.4, 0.5) is 16.2 Å². The highest BCUT2D eigenvalue weighted by Gasteiger charge is 2.21. The number of aromatic nitrogens is 2. The van der Waals surface area contributed by atoms with Gasteiger partial charge in [0.05, 0.1) is 18.4 Å². The minimum Gasteiger partial charge on any atom is -0.486 e. The third kappa shape index (κ3) is 4.03. The Balaban J connectivity index is 1.34. The van der Waals surface area contributed by atoms with Crippen molar-refractivity contribution in [2.75, 3.05) is 17.2 Å². The molecule has 27 heavy (non-hydrogen) atoms. The second-order valence-electron chi connectivity index (χ2n) is 6.34. The van der Waals surface area contributed by atoms with Crippen molar-refractivity contribution in [3.8, 4) is 11.5 Å². The van der Waals surface area contributed by atoms with Crippen LogP contribution in [0.2, 0.25) is 0 Å². The van der Waals surface area contributed by atoms with Gasteiger partial charge in [0.25, 0.3) is 0 Å². The van der Waals surface area contributed by atoms with Crippen LogP contribution < -0.4 is 20.1 Å². The highest BCUT2D eigenvalue weighted by Crippen LogP contribution is 2.31. The maximum absolute atomic E-state index is 12.2. The fourth-order valence-electron chi connectivity index (χ4n) is 2.89. The van der Waals surface area contributed by atoms with Gasteiger partial charge in [-0.1, -0.05) is 30.3 Å². The quantitative estimate of drug-likeness (QED) is 0.740. The summed E-state index contributed by atoms with van der Waals surface area (Å²) in [6.07, 6.45) is 3.23. The number of para-hydroxylation sites is 3. The monoisotopic (exact) mass is 364 g/mol. The lowest BCUT2D eigenvalue weighted by atomic mass is 10.2. The summed E-state index contributed by atoms with van der Waals surface area (Å²) in [5.41, 5.74) is 2.38. The van der Waals surface area contributed by atoms with Gasteiger partial charge in [0.1, 0.15) is 6.61 Å². The first kappa shape index (κ1) is 17.0. The molecule has 1 atom stereocenters. The van der Waals surface area contributed by atoms with Crippen molar-refractivity contribution in [3.63, 3.8) is 0 Å². The number of nitrogens with one attached hydrogen (secondary N) is 2. The van der Waals surface area contributed by atoms with Gasteiger partial charge >= 0.3 is 6.03 Å². The summed E-state index contributed by atoms with van der Waals surface area (Å²) >= 11 is 0. The highest BCUT2D eigenvalue weighted by atomic mass is 16.6. The van der Waals surface area contributed by atoms with Gasteiger partial charge < -0.3 is 20.1 Å². The molecule has 1 aliphatic rings. The van der Waals surface area contributed by atoms with E-state index in [1.807, 2.05) is 55.5 Å². The summed E-state index contributed by atoms with van der Waals surface area (Å²) in [5, 5.41) is 9.90. The molecule has 7 nitrogen and oxygen atoms in total. The molecule has 138 valence electrons. The van der Waals surface area contributed by atoms with E-state index in [0.717, 1.165) is 22.7 Å². The molecule has 0 fully saturated rings. The zero-order chi connectivity index (χ0) is 18.6. The zero-order valence-electron chi connectivity index (χ0n) is 14.9. The van der Waals surface area contributed by atoms with E-state index in [1.165, 1.54) is 0 Å². The van der Waals surface area contributed by atoms with Crippen LogP contribution in [-0.2, 0) is 6.54 Å². The van der Waals surface area contributed by atoms with E-state index in [4.69, 9.17) is 9.47 Å². The van der Waals surface area contributed by atoms with E-state index < -0.39 is 0 Å². The predicted molar refractivity (Wildman–Crippen MR) is 102 cm³/mol. The van der Waals surface area contributed by atoms with Crippen LogP contribution in [0.5, 0.6) is 11.5 Å². The SMILES string of the molecule is Cc1ccccc1NC(=O)Nc1cnn(C[C@@H]2COc3ccccc3O2)c1. The van der Waals surface area contributed by atoms with E-state index in [-0.39, 0.29) is 12.1 Å². The maximum Gasteiger partial charge on any atom is 0.323 e. The van der Waals surface area contributed by atoms with Crippen molar-refractivity contribution >= 4 is 17.4 Å². The number of anilines is 2. The normalized spacial score (nSPS) is 15.2. The topological polar surface area (TPSA) is 77.4 Å². The second kappa shape index (κ2) is 7.41. The third-order valence-electron chi connectivity index (χ3n) is 4.24. The maximum atomic E-state index is 12.2. The van der Waals surface area contributed by atoms with Gasteiger partial charge in [-0.25, -0.2) is 4.79 Å². The molecule has 0 saturated carbocycles. The first-order chi connectivity index (χ1) is 13.2. The van der Waals surface area contributed by atoms with Crippen LogP contribution >= 0.6 is 0 Å². The summed E-state index contributed by atoms with van der Waals surface area (Å²) in [4.78, 5) is 12.2. The van der Waals surface area contributed by atoms with Crippen LogP contribution in [0.25, 0.3) is 0 Å². The second-order valence-corrected chi connectivity index (χ2v) is 6.34. The van der Waals surface area contributed by atoms with E-state index in [0.29, 0.717) is 18.8 Å². The Kier molecular flexibility index (Phi) is 4.65. The van der Waals surface area contributed by atoms with Crippen molar-refractivity contribution in [1.82, 2.24) is 9.78 Å². The fourth-order valence-corrected chi connectivity index (χ4v) is 2.89. The number of nitrogens with zero attached hydrogens (tertiary/aromatic N) is 2. The van der Waals surface area contributed by atoms with Crippen molar-refractivity contribution in [1.29, 1.82) is 0 Å². The number of benzene rings is 2.